The average molecular weight is 466 g/mol. The van der Waals surface area contributed by atoms with Gasteiger partial charge in [0.1, 0.15) is 11.5 Å². The molecule has 20 heavy (non-hydrogen) atoms. The standard InChI is InChI=1S/C14H12Br3NO2/c1-20-11-5-9(15)4-10(6-11)18-7-8-2-12(16)14(19)13(17)3-8/h2-6,18-19H,7H2,1H3. The molecule has 0 unspecified atom stereocenters. The Kier molecular flexibility index (Phi) is 5.35. The molecule has 2 aromatic carbocycles. The first-order valence-corrected chi connectivity index (χ1v) is 8.13. The first-order valence-electron chi connectivity index (χ1n) is 5.75. The summed E-state index contributed by atoms with van der Waals surface area (Å²) in [6.07, 6.45) is 0. The summed E-state index contributed by atoms with van der Waals surface area (Å²) in [6.45, 7) is 0.636. The maximum Gasteiger partial charge on any atom is 0.143 e. The molecule has 2 aromatic rings. The van der Waals surface area contributed by atoms with Gasteiger partial charge in [-0.05, 0) is 61.7 Å². The van der Waals surface area contributed by atoms with E-state index in [2.05, 4.69) is 53.1 Å². The monoisotopic (exact) mass is 463 g/mol. The van der Waals surface area contributed by atoms with Gasteiger partial charge in [-0.2, -0.15) is 0 Å². The lowest BCUT2D eigenvalue weighted by Gasteiger charge is -2.10. The molecule has 3 nitrogen and oxygen atoms in total. The van der Waals surface area contributed by atoms with Crippen molar-refractivity contribution in [1.82, 2.24) is 0 Å². The normalized spacial score (nSPS) is 10.4. The number of methoxy groups -OCH3 is 1. The van der Waals surface area contributed by atoms with Gasteiger partial charge in [0, 0.05) is 22.8 Å². The lowest BCUT2D eigenvalue weighted by molar-refractivity contribution is 0.414. The van der Waals surface area contributed by atoms with E-state index in [-0.39, 0.29) is 5.75 Å². The fraction of sp³-hybridized carbons (Fsp3) is 0.143. The van der Waals surface area contributed by atoms with Gasteiger partial charge in [0.2, 0.25) is 0 Å². The minimum absolute atomic E-state index is 0.206. The van der Waals surface area contributed by atoms with Crippen LogP contribution in [0.15, 0.2) is 43.7 Å². The molecule has 2 rings (SSSR count). The van der Waals surface area contributed by atoms with E-state index >= 15 is 0 Å². The predicted molar refractivity (Wildman–Crippen MR) is 91.5 cm³/mol. The molecule has 0 saturated heterocycles. The minimum Gasteiger partial charge on any atom is -0.506 e. The number of hydrogen-bond donors (Lipinski definition) is 2. The van der Waals surface area contributed by atoms with E-state index in [9.17, 15) is 5.11 Å². The highest BCUT2D eigenvalue weighted by atomic mass is 79.9. The molecule has 0 saturated carbocycles. The van der Waals surface area contributed by atoms with Gasteiger partial charge in [-0.25, -0.2) is 0 Å². The summed E-state index contributed by atoms with van der Waals surface area (Å²) in [4.78, 5) is 0. The van der Waals surface area contributed by atoms with Gasteiger partial charge in [0.05, 0.1) is 16.1 Å². The number of phenolic OH excluding ortho intramolecular Hbond substituents is 1. The largest absolute Gasteiger partial charge is 0.506 e. The molecule has 106 valence electrons. The third kappa shape index (κ3) is 3.90. The highest BCUT2D eigenvalue weighted by Gasteiger charge is 2.06. The molecule has 0 fully saturated rings. The zero-order valence-electron chi connectivity index (χ0n) is 10.6. The number of hydrogen-bond acceptors (Lipinski definition) is 3. The Balaban J connectivity index is 2.14. The highest BCUT2D eigenvalue weighted by Crippen LogP contribution is 2.33. The smallest absolute Gasteiger partial charge is 0.143 e. The Labute approximate surface area is 142 Å². The number of benzene rings is 2. The minimum atomic E-state index is 0.206. The molecule has 0 aliphatic carbocycles. The highest BCUT2D eigenvalue weighted by molar-refractivity contribution is 9.11. The quantitative estimate of drug-likeness (QED) is 0.643. The van der Waals surface area contributed by atoms with E-state index < -0.39 is 0 Å². The Morgan fingerprint density at radius 2 is 1.70 bits per heavy atom. The molecular formula is C14H12Br3NO2. The summed E-state index contributed by atoms with van der Waals surface area (Å²) >= 11 is 10.1. The number of anilines is 1. The second-order valence-corrected chi connectivity index (χ2v) is 6.77. The fourth-order valence-corrected chi connectivity index (χ4v) is 3.46. The Morgan fingerprint density at radius 1 is 1.05 bits per heavy atom. The van der Waals surface area contributed by atoms with Crippen molar-refractivity contribution in [1.29, 1.82) is 0 Å². The molecule has 0 aromatic heterocycles. The Bertz CT molecular complexity index is 609. The summed E-state index contributed by atoms with van der Waals surface area (Å²) in [5, 5.41) is 13.0. The van der Waals surface area contributed by atoms with Crippen LogP contribution < -0.4 is 10.1 Å². The molecule has 0 heterocycles. The predicted octanol–water partition coefficient (Wildman–Crippen LogP) is 5.30. The number of nitrogens with one attached hydrogen (secondary N) is 1. The van der Waals surface area contributed by atoms with E-state index in [0.717, 1.165) is 21.5 Å². The van der Waals surface area contributed by atoms with Crippen molar-refractivity contribution in [2.45, 2.75) is 6.54 Å². The lowest BCUT2D eigenvalue weighted by Crippen LogP contribution is -2.00. The van der Waals surface area contributed by atoms with Crippen molar-refractivity contribution in [2.24, 2.45) is 0 Å². The van der Waals surface area contributed by atoms with E-state index in [1.807, 2.05) is 30.3 Å². The van der Waals surface area contributed by atoms with E-state index in [0.29, 0.717) is 15.5 Å². The van der Waals surface area contributed by atoms with Crippen LogP contribution in [0.4, 0.5) is 5.69 Å². The molecule has 0 aliphatic rings. The average Bonchev–Trinajstić information content (AvgIpc) is 2.41. The maximum atomic E-state index is 9.68. The summed E-state index contributed by atoms with van der Waals surface area (Å²) in [5.74, 6) is 0.993. The van der Waals surface area contributed by atoms with Crippen molar-refractivity contribution in [3.63, 3.8) is 0 Å². The van der Waals surface area contributed by atoms with Gasteiger partial charge in [0.15, 0.2) is 0 Å². The van der Waals surface area contributed by atoms with Crippen molar-refractivity contribution < 1.29 is 9.84 Å². The van der Waals surface area contributed by atoms with Crippen molar-refractivity contribution in [3.05, 3.63) is 49.3 Å². The summed E-state index contributed by atoms with van der Waals surface area (Å²) in [6, 6.07) is 9.56. The molecule has 2 N–H and O–H groups in total. The number of phenols is 1. The van der Waals surface area contributed by atoms with Crippen LogP contribution in [-0.2, 0) is 6.54 Å². The van der Waals surface area contributed by atoms with Gasteiger partial charge < -0.3 is 15.2 Å². The van der Waals surface area contributed by atoms with Crippen LogP contribution in [0.2, 0.25) is 0 Å². The van der Waals surface area contributed by atoms with E-state index in [1.165, 1.54) is 0 Å². The number of halogens is 3. The molecule has 0 aliphatic heterocycles. The van der Waals surface area contributed by atoms with Crippen LogP contribution >= 0.6 is 47.8 Å². The zero-order valence-corrected chi connectivity index (χ0v) is 15.3. The van der Waals surface area contributed by atoms with Gasteiger partial charge in [0.25, 0.3) is 0 Å². The number of aromatic hydroxyl groups is 1. The van der Waals surface area contributed by atoms with Crippen LogP contribution in [-0.4, -0.2) is 12.2 Å². The first kappa shape index (κ1) is 15.7. The first-order chi connectivity index (χ1) is 9.49. The van der Waals surface area contributed by atoms with Crippen molar-refractivity contribution in [3.8, 4) is 11.5 Å². The number of rotatable bonds is 4. The van der Waals surface area contributed by atoms with Crippen molar-refractivity contribution in [2.75, 3.05) is 12.4 Å². The zero-order chi connectivity index (χ0) is 14.7. The molecule has 0 atom stereocenters. The molecular weight excluding hydrogens is 454 g/mol. The molecule has 0 amide bonds. The third-order valence-corrected chi connectivity index (χ3v) is 4.35. The molecule has 0 spiro atoms. The van der Waals surface area contributed by atoms with Crippen LogP contribution in [0.5, 0.6) is 11.5 Å². The molecule has 6 heteroatoms. The summed E-state index contributed by atoms with van der Waals surface area (Å²) < 4.78 is 7.50. The SMILES string of the molecule is COc1cc(Br)cc(NCc2cc(Br)c(O)c(Br)c2)c1. The third-order valence-electron chi connectivity index (χ3n) is 2.68. The Hall–Kier alpha value is -0.720. The van der Waals surface area contributed by atoms with Gasteiger partial charge in [-0.1, -0.05) is 15.9 Å². The second kappa shape index (κ2) is 6.83. The van der Waals surface area contributed by atoms with Gasteiger partial charge in [-0.3, -0.25) is 0 Å². The van der Waals surface area contributed by atoms with E-state index in [1.54, 1.807) is 7.11 Å². The Morgan fingerprint density at radius 3 is 2.30 bits per heavy atom. The number of ether oxygens (including phenoxy) is 1. The topological polar surface area (TPSA) is 41.5 Å². The van der Waals surface area contributed by atoms with Gasteiger partial charge >= 0.3 is 0 Å². The van der Waals surface area contributed by atoms with Crippen LogP contribution in [0, 0.1) is 0 Å². The van der Waals surface area contributed by atoms with Crippen LogP contribution in [0.1, 0.15) is 5.56 Å². The van der Waals surface area contributed by atoms with Gasteiger partial charge in [-0.15, -0.1) is 0 Å². The van der Waals surface area contributed by atoms with Crippen LogP contribution in [0.3, 0.4) is 0 Å². The van der Waals surface area contributed by atoms with E-state index in [4.69, 9.17) is 4.74 Å². The second-order valence-electron chi connectivity index (χ2n) is 4.14. The summed E-state index contributed by atoms with van der Waals surface area (Å²) in [7, 11) is 1.64. The van der Waals surface area contributed by atoms with Crippen molar-refractivity contribution >= 4 is 53.5 Å². The molecule has 0 radical (unpaired) electrons. The lowest BCUT2D eigenvalue weighted by atomic mass is 10.2. The van der Waals surface area contributed by atoms with Crippen LogP contribution in [0.25, 0.3) is 0 Å². The molecule has 0 bridgehead atoms. The maximum absolute atomic E-state index is 9.68. The fourth-order valence-electron chi connectivity index (χ4n) is 1.71. The summed E-state index contributed by atoms with van der Waals surface area (Å²) in [5.41, 5.74) is 2.00.